The first kappa shape index (κ1) is 15.5. The van der Waals surface area contributed by atoms with Crippen LogP contribution in [0.3, 0.4) is 0 Å². The van der Waals surface area contributed by atoms with E-state index in [0.29, 0.717) is 29.9 Å². The first-order valence-electron chi connectivity index (χ1n) is 6.80. The Morgan fingerprint density at radius 1 is 1.15 bits per heavy atom. The molecule has 0 spiro atoms. The summed E-state index contributed by atoms with van der Waals surface area (Å²) in [6.45, 7) is 5.41. The lowest BCUT2D eigenvalue weighted by Crippen LogP contribution is -2.41. The molecular weight excluding hydrogens is 294 g/mol. The zero-order chi connectivity index (χ0) is 14.8. The van der Waals surface area contributed by atoms with Crippen LogP contribution < -0.4 is 0 Å². The standard InChI is InChI=1S/C15H20ClNO2S/c1-12-9-13(2)11-17(10-12)20(18,19)8-7-14-3-5-15(16)6-4-14/h3-8,12-13H,9-11H2,1-2H3/b8-7+/t12-,13+. The molecule has 1 fully saturated rings. The predicted molar refractivity (Wildman–Crippen MR) is 83.9 cm³/mol. The molecule has 0 unspecified atom stereocenters. The third-order valence-corrected chi connectivity index (χ3v) is 5.25. The van der Waals surface area contributed by atoms with Gasteiger partial charge in [0.2, 0.25) is 10.0 Å². The van der Waals surface area contributed by atoms with Crippen LogP contribution in [0.1, 0.15) is 25.8 Å². The van der Waals surface area contributed by atoms with E-state index in [9.17, 15) is 8.42 Å². The van der Waals surface area contributed by atoms with Gasteiger partial charge in [0, 0.05) is 23.5 Å². The second-order valence-electron chi connectivity index (χ2n) is 5.66. The lowest BCUT2D eigenvalue weighted by molar-refractivity contribution is 0.224. The molecule has 0 radical (unpaired) electrons. The summed E-state index contributed by atoms with van der Waals surface area (Å²) in [4.78, 5) is 0. The lowest BCUT2D eigenvalue weighted by atomic mass is 9.94. The highest BCUT2D eigenvalue weighted by Crippen LogP contribution is 2.24. The minimum atomic E-state index is -3.34. The number of hydrogen-bond donors (Lipinski definition) is 0. The van der Waals surface area contributed by atoms with E-state index in [1.54, 1.807) is 34.6 Å². The summed E-state index contributed by atoms with van der Waals surface area (Å²) in [6.07, 6.45) is 2.71. The van der Waals surface area contributed by atoms with Gasteiger partial charge in [0.25, 0.3) is 0 Å². The second kappa shape index (κ2) is 6.29. The average Bonchev–Trinajstić information content (AvgIpc) is 2.37. The summed E-state index contributed by atoms with van der Waals surface area (Å²) in [5.74, 6) is 0.829. The third kappa shape index (κ3) is 4.08. The van der Waals surface area contributed by atoms with Crippen LogP contribution >= 0.6 is 11.6 Å². The van der Waals surface area contributed by atoms with Crippen molar-refractivity contribution in [3.8, 4) is 0 Å². The van der Waals surface area contributed by atoms with Crippen LogP contribution in [0.15, 0.2) is 29.7 Å². The van der Waals surface area contributed by atoms with Crippen LogP contribution in [0.25, 0.3) is 6.08 Å². The third-order valence-electron chi connectivity index (χ3n) is 3.50. The molecule has 1 aromatic rings. The molecule has 5 heteroatoms. The van der Waals surface area contributed by atoms with E-state index in [-0.39, 0.29) is 0 Å². The van der Waals surface area contributed by atoms with Crippen molar-refractivity contribution in [1.29, 1.82) is 0 Å². The van der Waals surface area contributed by atoms with E-state index < -0.39 is 10.0 Å². The molecule has 1 aromatic carbocycles. The fraction of sp³-hybridized carbons (Fsp3) is 0.467. The minimum absolute atomic E-state index is 0.414. The summed E-state index contributed by atoms with van der Waals surface area (Å²) in [5, 5.41) is 1.93. The Morgan fingerprint density at radius 3 is 2.25 bits per heavy atom. The van der Waals surface area contributed by atoms with Crippen LogP contribution in [0, 0.1) is 11.8 Å². The molecule has 1 heterocycles. The first-order valence-corrected chi connectivity index (χ1v) is 8.69. The summed E-state index contributed by atoms with van der Waals surface area (Å²) >= 11 is 5.80. The van der Waals surface area contributed by atoms with Crippen molar-refractivity contribution >= 4 is 27.7 Å². The first-order chi connectivity index (χ1) is 9.37. The van der Waals surface area contributed by atoms with Gasteiger partial charge in [-0.05, 0) is 42.0 Å². The molecule has 0 aliphatic carbocycles. The molecule has 2 rings (SSSR count). The number of piperidine rings is 1. The van der Waals surface area contributed by atoms with Gasteiger partial charge in [-0.1, -0.05) is 37.6 Å². The Morgan fingerprint density at radius 2 is 1.70 bits per heavy atom. The topological polar surface area (TPSA) is 37.4 Å². The van der Waals surface area contributed by atoms with Crippen molar-refractivity contribution in [2.75, 3.05) is 13.1 Å². The molecule has 0 aromatic heterocycles. The number of halogens is 1. The Hall–Kier alpha value is -0.840. The quantitative estimate of drug-likeness (QED) is 0.854. The molecule has 1 aliphatic rings. The summed E-state index contributed by atoms with van der Waals surface area (Å²) in [6, 6.07) is 7.10. The summed E-state index contributed by atoms with van der Waals surface area (Å²) < 4.78 is 26.2. The predicted octanol–water partition coefficient (Wildman–Crippen LogP) is 3.62. The molecule has 2 atom stereocenters. The van der Waals surface area contributed by atoms with Gasteiger partial charge in [0.05, 0.1) is 0 Å². The van der Waals surface area contributed by atoms with E-state index in [2.05, 4.69) is 13.8 Å². The van der Waals surface area contributed by atoms with Gasteiger partial charge in [-0.3, -0.25) is 0 Å². The second-order valence-corrected chi connectivity index (χ2v) is 7.92. The number of benzene rings is 1. The molecule has 3 nitrogen and oxygen atoms in total. The van der Waals surface area contributed by atoms with Crippen LogP contribution in [0.2, 0.25) is 5.02 Å². The van der Waals surface area contributed by atoms with Crippen molar-refractivity contribution in [3.05, 3.63) is 40.3 Å². The van der Waals surface area contributed by atoms with Gasteiger partial charge in [-0.25, -0.2) is 8.42 Å². The van der Waals surface area contributed by atoms with E-state index in [0.717, 1.165) is 12.0 Å². The number of sulfonamides is 1. The van der Waals surface area contributed by atoms with Crippen LogP contribution in [-0.2, 0) is 10.0 Å². The van der Waals surface area contributed by atoms with E-state index in [1.165, 1.54) is 5.41 Å². The Labute approximate surface area is 126 Å². The zero-order valence-corrected chi connectivity index (χ0v) is 13.4. The maximum absolute atomic E-state index is 12.3. The maximum Gasteiger partial charge on any atom is 0.236 e. The molecule has 1 saturated heterocycles. The van der Waals surface area contributed by atoms with Gasteiger partial charge in [-0.2, -0.15) is 4.31 Å². The van der Waals surface area contributed by atoms with Crippen LogP contribution in [-0.4, -0.2) is 25.8 Å². The van der Waals surface area contributed by atoms with Crippen LogP contribution in [0.4, 0.5) is 0 Å². The molecule has 0 bridgehead atoms. The molecule has 0 saturated carbocycles. The van der Waals surface area contributed by atoms with Crippen molar-refractivity contribution in [3.63, 3.8) is 0 Å². The SMILES string of the molecule is C[C@@H]1C[C@H](C)CN(S(=O)(=O)/C=C/c2ccc(Cl)cc2)C1. The normalized spacial score (nSPS) is 25.1. The van der Waals surface area contributed by atoms with Gasteiger partial charge >= 0.3 is 0 Å². The zero-order valence-electron chi connectivity index (χ0n) is 11.8. The van der Waals surface area contributed by atoms with Gasteiger partial charge < -0.3 is 0 Å². The monoisotopic (exact) mass is 313 g/mol. The minimum Gasteiger partial charge on any atom is -0.208 e. The maximum atomic E-state index is 12.3. The number of rotatable bonds is 3. The number of nitrogens with zero attached hydrogens (tertiary/aromatic N) is 1. The van der Waals surface area contributed by atoms with Gasteiger partial charge in [-0.15, -0.1) is 0 Å². The van der Waals surface area contributed by atoms with Crippen molar-refractivity contribution in [1.82, 2.24) is 4.31 Å². The Balaban J connectivity index is 2.12. The van der Waals surface area contributed by atoms with Crippen molar-refractivity contribution in [2.24, 2.45) is 11.8 Å². The number of hydrogen-bond acceptors (Lipinski definition) is 2. The molecule has 1 aliphatic heterocycles. The fourth-order valence-corrected chi connectivity index (χ4v) is 4.19. The molecule has 20 heavy (non-hydrogen) atoms. The van der Waals surface area contributed by atoms with Crippen LogP contribution in [0.5, 0.6) is 0 Å². The highest BCUT2D eigenvalue weighted by atomic mass is 35.5. The lowest BCUT2D eigenvalue weighted by Gasteiger charge is -2.33. The Kier molecular flexibility index (Phi) is 4.89. The fourth-order valence-electron chi connectivity index (χ4n) is 2.64. The van der Waals surface area contributed by atoms with Crippen molar-refractivity contribution in [2.45, 2.75) is 20.3 Å². The van der Waals surface area contributed by atoms with E-state index in [1.807, 2.05) is 0 Å². The Bertz CT molecular complexity index is 570. The van der Waals surface area contributed by atoms with Gasteiger partial charge in [0.1, 0.15) is 0 Å². The van der Waals surface area contributed by atoms with Gasteiger partial charge in [0.15, 0.2) is 0 Å². The summed E-state index contributed by atoms with van der Waals surface area (Å²) in [5.41, 5.74) is 0.830. The van der Waals surface area contributed by atoms with E-state index >= 15 is 0 Å². The summed E-state index contributed by atoms with van der Waals surface area (Å²) in [7, 11) is -3.34. The largest absolute Gasteiger partial charge is 0.236 e. The van der Waals surface area contributed by atoms with Crippen molar-refractivity contribution < 1.29 is 8.42 Å². The molecule has 0 N–H and O–H groups in total. The molecular formula is C15H20ClNO2S. The smallest absolute Gasteiger partial charge is 0.208 e. The highest BCUT2D eigenvalue weighted by Gasteiger charge is 2.28. The average molecular weight is 314 g/mol. The van der Waals surface area contributed by atoms with E-state index in [4.69, 9.17) is 11.6 Å². The molecule has 110 valence electrons. The highest BCUT2D eigenvalue weighted by molar-refractivity contribution is 7.92. The molecule has 0 amide bonds.